The van der Waals surface area contributed by atoms with E-state index in [-0.39, 0.29) is 10.8 Å². The van der Waals surface area contributed by atoms with Crippen LogP contribution in [0.2, 0.25) is 0 Å². The van der Waals surface area contributed by atoms with Gasteiger partial charge in [0, 0.05) is 0 Å². The fourth-order valence-corrected chi connectivity index (χ4v) is 2.65. The second kappa shape index (κ2) is 7.27. The number of carbonyl (C=O) groups is 1. The van der Waals surface area contributed by atoms with Crippen molar-refractivity contribution in [1.82, 2.24) is 5.32 Å². The first-order chi connectivity index (χ1) is 12.1. The van der Waals surface area contributed by atoms with Gasteiger partial charge in [-0.05, 0) is 47.3 Å². The number of para-hydroxylation sites is 1. The van der Waals surface area contributed by atoms with Crippen molar-refractivity contribution in [3.63, 3.8) is 0 Å². The van der Waals surface area contributed by atoms with Crippen molar-refractivity contribution in [2.45, 2.75) is 0 Å². The summed E-state index contributed by atoms with van der Waals surface area (Å²) in [6, 6.07) is 17.2. The molecule has 0 aliphatic rings. The molecule has 2 N–H and O–H groups in total. The molecule has 0 fully saturated rings. The average molecular weight is 354 g/mol. The molecule has 0 bridgehead atoms. The molecule has 0 aliphatic carbocycles. The number of thiocarbonyl (C=S) groups is 1. The summed E-state index contributed by atoms with van der Waals surface area (Å²) in [7, 11) is 1.50. The summed E-state index contributed by atoms with van der Waals surface area (Å²) < 4.78 is 19.0. The summed E-state index contributed by atoms with van der Waals surface area (Å²) in [5.41, 5.74) is 0.539. The molecule has 0 heterocycles. The van der Waals surface area contributed by atoms with Crippen molar-refractivity contribution in [3.05, 3.63) is 72.0 Å². The summed E-state index contributed by atoms with van der Waals surface area (Å²) in [5, 5.41) is 7.09. The van der Waals surface area contributed by atoms with E-state index in [1.54, 1.807) is 24.3 Å². The van der Waals surface area contributed by atoms with Gasteiger partial charge in [-0.25, -0.2) is 4.39 Å². The Morgan fingerprint density at radius 2 is 1.68 bits per heavy atom. The molecular weight excluding hydrogens is 339 g/mol. The SMILES string of the molecule is COc1cc2ccccc2cc1C(=O)NC(=S)Nc1ccccc1F. The smallest absolute Gasteiger partial charge is 0.261 e. The molecule has 0 spiro atoms. The largest absolute Gasteiger partial charge is 0.496 e. The number of benzene rings is 3. The molecule has 3 rings (SSSR count). The third kappa shape index (κ3) is 3.75. The van der Waals surface area contributed by atoms with Crippen molar-refractivity contribution < 1.29 is 13.9 Å². The van der Waals surface area contributed by atoms with Crippen molar-refractivity contribution in [3.8, 4) is 5.75 Å². The van der Waals surface area contributed by atoms with Gasteiger partial charge in [-0.3, -0.25) is 10.1 Å². The molecule has 126 valence electrons. The van der Waals surface area contributed by atoms with E-state index in [2.05, 4.69) is 10.6 Å². The van der Waals surface area contributed by atoms with E-state index < -0.39 is 11.7 Å². The zero-order valence-corrected chi connectivity index (χ0v) is 14.2. The second-order valence-corrected chi connectivity index (χ2v) is 5.70. The van der Waals surface area contributed by atoms with Crippen LogP contribution < -0.4 is 15.4 Å². The van der Waals surface area contributed by atoms with Crippen molar-refractivity contribution in [1.29, 1.82) is 0 Å². The predicted molar refractivity (Wildman–Crippen MR) is 101 cm³/mol. The Bertz CT molecular complexity index is 959. The molecule has 0 saturated heterocycles. The molecule has 0 atom stereocenters. The molecule has 3 aromatic rings. The van der Waals surface area contributed by atoms with E-state index in [0.717, 1.165) is 10.8 Å². The number of methoxy groups -OCH3 is 1. The number of hydrogen-bond donors (Lipinski definition) is 2. The average Bonchev–Trinajstić information content (AvgIpc) is 2.62. The van der Waals surface area contributed by atoms with Gasteiger partial charge in [0.25, 0.3) is 5.91 Å². The number of halogens is 1. The Labute approximate surface area is 149 Å². The number of anilines is 1. The summed E-state index contributed by atoms with van der Waals surface area (Å²) >= 11 is 5.10. The third-order valence-corrected chi connectivity index (χ3v) is 3.87. The minimum absolute atomic E-state index is 0.00492. The van der Waals surface area contributed by atoms with Crippen LogP contribution in [0.5, 0.6) is 5.75 Å². The topological polar surface area (TPSA) is 50.4 Å². The lowest BCUT2D eigenvalue weighted by atomic mass is 10.1. The van der Waals surface area contributed by atoms with Gasteiger partial charge in [-0.1, -0.05) is 36.4 Å². The first-order valence-electron chi connectivity index (χ1n) is 7.52. The molecule has 25 heavy (non-hydrogen) atoms. The van der Waals surface area contributed by atoms with Crippen LogP contribution in [0.1, 0.15) is 10.4 Å². The highest BCUT2D eigenvalue weighted by molar-refractivity contribution is 7.80. The maximum Gasteiger partial charge on any atom is 0.261 e. The van der Waals surface area contributed by atoms with Crippen molar-refractivity contribution in [2.75, 3.05) is 12.4 Å². The van der Waals surface area contributed by atoms with Crippen LogP contribution in [0.25, 0.3) is 10.8 Å². The fraction of sp³-hybridized carbons (Fsp3) is 0.0526. The van der Waals surface area contributed by atoms with Gasteiger partial charge >= 0.3 is 0 Å². The molecule has 1 amide bonds. The molecule has 0 aliphatic heterocycles. The van der Waals surface area contributed by atoms with Crippen LogP contribution in [-0.2, 0) is 0 Å². The normalized spacial score (nSPS) is 10.3. The number of hydrogen-bond acceptors (Lipinski definition) is 3. The Balaban J connectivity index is 1.82. The van der Waals surface area contributed by atoms with Crippen LogP contribution in [0.3, 0.4) is 0 Å². The molecule has 4 nitrogen and oxygen atoms in total. The van der Waals surface area contributed by atoms with E-state index in [9.17, 15) is 9.18 Å². The van der Waals surface area contributed by atoms with Gasteiger partial charge in [-0.15, -0.1) is 0 Å². The van der Waals surface area contributed by atoms with E-state index in [1.165, 1.54) is 19.2 Å². The Kier molecular flexibility index (Phi) is 4.90. The van der Waals surface area contributed by atoms with Crippen molar-refractivity contribution >= 4 is 39.7 Å². The summed E-state index contributed by atoms with van der Waals surface area (Å²) in [6.07, 6.45) is 0. The quantitative estimate of drug-likeness (QED) is 0.695. The van der Waals surface area contributed by atoms with Crippen LogP contribution in [0, 0.1) is 5.82 Å². The first kappa shape index (κ1) is 16.9. The van der Waals surface area contributed by atoms with Gasteiger partial charge in [-0.2, -0.15) is 0 Å². The lowest BCUT2D eigenvalue weighted by Crippen LogP contribution is -2.34. The number of ether oxygens (including phenoxy) is 1. The number of carbonyl (C=O) groups excluding carboxylic acids is 1. The second-order valence-electron chi connectivity index (χ2n) is 5.29. The standard InChI is InChI=1S/C19H15FN2O2S/c1-24-17-11-13-7-3-2-6-12(13)10-14(17)18(23)22-19(25)21-16-9-5-4-8-15(16)20/h2-11H,1H3,(H2,21,22,23,25). The maximum atomic E-state index is 13.6. The fourth-order valence-electron chi connectivity index (χ4n) is 2.45. The molecule has 0 radical (unpaired) electrons. The maximum absolute atomic E-state index is 13.6. The molecule has 0 saturated carbocycles. The number of rotatable bonds is 3. The van der Waals surface area contributed by atoms with Gasteiger partial charge < -0.3 is 10.1 Å². The van der Waals surface area contributed by atoms with Crippen LogP contribution in [0.15, 0.2) is 60.7 Å². The highest BCUT2D eigenvalue weighted by Crippen LogP contribution is 2.26. The Morgan fingerprint density at radius 1 is 1.04 bits per heavy atom. The lowest BCUT2D eigenvalue weighted by Gasteiger charge is -2.13. The zero-order valence-electron chi connectivity index (χ0n) is 13.4. The highest BCUT2D eigenvalue weighted by Gasteiger charge is 2.15. The monoisotopic (exact) mass is 354 g/mol. The summed E-state index contributed by atoms with van der Waals surface area (Å²) in [4.78, 5) is 12.5. The van der Waals surface area contributed by atoms with Gasteiger partial charge in [0.2, 0.25) is 0 Å². The molecule has 0 unspecified atom stereocenters. The molecule has 6 heteroatoms. The first-order valence-corrected chi connectivity index (χ1v) is 7.93. The summed E-state index contributed by atoms with van der Waals surface area (Å²) in [5.74, 6) is -0.455. The van der Waals surface area contributed by atoms with E-state index in [4.69, 9.17) is 17.0 Å². The minimum atomic E-state index is -0.456. The molecule has 3 aromatic carbocycles. The van der Waals surface area contributed by atoms with Crippen LogP contribution in [0.4, 0.5) is 10.1 Å². The van der Waals surface area contributed by atoms with E-state index in [0.29, 0.717) is 11.3 Å². The molecule has 0 aromatic heterocycles. The predicted octanol–water partition coefficient (Wildman–Crippen LogP) is 4.11. The highest BCUT2D eigenvalue weighted by atomic mass is 32.1. The minimum Gasteiger partial charge on any atom is -0.496 e. The van der Waals surface area contributed by atoms with Crippen LogP contribution in [-0.4, -0.2) is 18.1 Å². The number of amides is 1. The van der Waals surface area contributed by atoms with Gasteiger partial charge in [0.1, 0.15) is 11.6 Å². The number of fused-ring (bicyclic) bond motifs is 1. The number of nitrogens with one attached hydrogen (secondary N) is 2. The third-order valence-electron chi connectivity index (χ3n) is 3.66. The van der Waals surface area contributed by atoms with Gasteiger partial charge in [0.05, 0.1) is 18.4 Å². The Hall–Kier alpha value is -2.99. The van der Waals surface area contributed by atoms with E-state index in [1.807, 2.05) is 24.3 Å². The van der Waals surface area contributed by atoms with Gasteiger partial charge in [0.15, 0.2) is 5.11 Å². The van der Waals surface area contributed by atoms with Crippen LogP contribution >= 0.6 is 12.2 Å². The van der Waals surface area contributed by atoms with Crippen molar-refractivity contribution in [2.24, 2.45) is 0 Å². The molecular formula is C19H15FN2O2S. The summed E-state index contributed by atoms with van der Waals surface area (Å²) in [6.45, 7) is 0. The lowest BCUT2D eigenvalue weighted by molar-refractivity contribution is 0.0975. The zero-order chi connectivity index (χ0) is 17.8. The van der Waals surface area contributed by atoms with E-state index >= 15 is 0 Å². The Morgan fingerprint density at radius 3 is 2.36 bits per heavy atom.